The zero-order chi connectivity index (χ0) is 15.6. The van der Waals surface area contributed by atoms with Crippen molar-refractivity contribution in [2.24, 2.45) is 5.41 Å². The highest BCUT2D eigenvalue weighted by Gasteiger charge is 2.46. The third-order valence-corrected chi connectivity index (χ3v) is 6.26. The van der Waals surface area contributed by atoms with Crippen LogP contribution in [0.3, 0.4) is 0 Å². The smallest absolute Gasteiger partial charge is 0.223 e. The molecule has 1 spiro atoms. The van der Waals surface area contributed by atoms with Gasteiger partial charge < -0.3 is 9.80 Å². The maximum Gasteiger partial charge on any atom is 0.223 e. The Balaban J connectivity index is 1.59. The van der Waals surface area contributed by atoms with Gasteiger partial charge in [0.1, 0.15) is 0 Å². The standard InChI is InChI=1S/C17H28N2O2S/c1-2-22-11-7-15(20)18-10-3-8-17(12-18)9-6-16(21)19(13-17)14-4-5-14/h14H,2-13H2,1H3/t17-/m0/s1. The minimum atomic E-state index is 0.183. The van der Waals surface area contributed by atoms with Gasteiger partial charge in [-0.1, -0.05) is 6.92 Å². The first-order valence-electron chi connectivity index (χ1n) is 8.78. The van der Waals surface area contributed by atoms with E-state index in [0.29, 0.717) is 30.7 Å². The molecule has 2 aliphatic heterocycles. The van der Waals surface area contributed by atoms with Gasteiger partial charge >= 0.3 is 0 Å². The second kappa shape index (κ2) is 6.81. The first-order chi connectivity index (χ1) is 10.6. The van der Waals surface area contributed by atoms with Gasteiger partial charge in [0, 0.05) is 49.7 Å². The number of amides is 2. The predicted molar refractivity (Wildman–Crippen MR) is 89.8 cm³/mol. The summed E-state index contributed by atoms with van der Waals surface area (Å²) < 4.78 is 0. The largest absolute Gasteiger partial charge is 0.342 e. The van der Waals surface area contributed by atoms with Crippen LogP contribution in [0.2, 0.25) is 0 Å². The summed E-state index contributed by atoms with van der Waals surface area (Å²) in [6.07, 6.45) is 6.96. The normalized spacial score (nSPS) is 29.2. The highest BCUT2D eigenvalue weighted by Crippen LogP contribution is 2.42. The fraction of sp³-hybridized carbons (Fsp3) is 0.882. The fourth-order valence-corrected chi connectivity index (χ4v) is 4.59. The highest BCUT2D eigenvalue weighted by atomic mass is 32.2. The van der Waals surface area contributed by atoms with Gasteiger partial charge in [-0.25, -0.2) is 0 Å². The molecule has 2 heterocycles. The zero-order valence-corrected chi connectivity index (χ0v) is 14.5. The summed E-state index contributed by atoms with van der Waals surface area (Å²) in [5.41, 5.74) is 0.183. The Kier molecular flexibility index (Phi) is 5.00. The Hall–Kier alpha value is -0.710. The molecule has 4 nitrogen and oxygen atoms in total. The number of rotatable bonds is 5. The molecule has 22 heavy (non-hydrogen) atoms. The molecule has 0 aromatic carbocycles. The molecular formula is C17H28N2O2S. The van der Waals surface area contributed by atoms with Crippen LogP contribution in [-0.2, 0) is 9.59 Å². The average Bonchev–Trinajstić information content (AvgIpc) is 3.35. The SMILES string of the molecule is CCSCCC(=O)N1CCC[C@]2(CCC(=O)N(C3CC3)C2)C1. The lowest BCUT2D eigenvalue weighted by molar-refractivity contribution is -0.143. The Morgan fingerprint density at radius 1 is 1.32 bits per heavy atom. The van der Waals surface area contributed by atoms with Crippen LogP contribution >= 0.6 is 11.8 Å². The van der Waals surface area contributed by atoms with Crippen molar-refractivity contribution in [3.8, 4) is 0 Å². The molecule has 124 valence electrons. The number of likely N-dealkylation sites (tertiary alicyclic amines) is 2. The quantitative estimate of drug-likeness (QED) is 0.730. The lowest BCUT2D eigenvalue weighted by Gasteiger charge is -2.48. The van der Waals surface area contributed by atoms with Crippen molar-refractivity contribution in [1.82, 2.24) is 9.80 Å². The molecule has 1 aliphatic carbocycles. The van der Waals surface area contributed by atoms with Crippen molar-refractivity contribution < 1.29 is 9.59 Å². The average molecular weight is 324 g/mol. The summed E-state index contributed by atoms with van der Waals surface area (Å²) in [5, 5.41) is 0. The van der Waals surface area contributed by atoms with Gasteiger partial charge in [-0.15, -0.1) is 0 Å². The molecule has 0 unspecified atom stereocenters. The van der Waals surface area contributed by atoms with E-state index in [-0.39, 0.29) is 5.41 Å². The molecular weight excluding hydrogens is 296 g/mol. The predicted octanol–water partition coefficient (Wildman–Crippen LogP) is 2.52. The van der Waals surface area contributed by atoms with Crippen molar-refractivity contribution in [3.63, 3.8) is 0 Å². The van der Waals surface area contributed by atoms with E-state index in [1.54, 1.807) is 0 Å². The maximum atomic E-state index is 12.4. The van der Waals surface area contributed by atoms with Gasteiger partial charge in [-0.05, 0) is 37.9 Å². The van der Waals surface area contributed by atoms with E-state index in [4.69, 9.17) is 0 Å². The number of thioether (sulfide) groups is 1. The lowest BCUT2D eigenvalue weighted by atomic mass is 9.73. The van der Waals surface area contributed by atoms with Crippen LogP contribution < -0.4 is 0 Å². The van der Waals surface area contributed by atoms with Gasteiger partial charge in [0.15, 0.2) is 0 Å². The zero-order valence-electron chi connectivity index (χ0n) is 13.7. The molecule has 3 fully saturated rings. The molecule has 2 amide bonds. The first-order valence-corrected chi connectivity index (χ1v) is 9.94. The molecule has 2 saturated heterocycles. The van der Waals surface area contributed by atoms with Crippen LogP contribution in [0.4, 0.5) is 0 Å². The van der Waals surface area contributed by atoms with Crippen LogP contribution in [0.1, 0.15) is 51.9 Å². The molecule has 3 rings (SSSR count). The van der Waals surface area contributed by atoms with Crippen LogP contribution in [0.25, 0.3) is 0 Å². The van der Waals surface area contributed by atoms with Crippen LogP contribution in [-0.4, -0.2) is 58.8 Å². The van der Waals surface area contributed by atoms with E-state index in [2.05, 4.69) is 16.7 Å². The number of hydrogen-bond acceptors (Lipinski definition) is 3. The van der Waals surface area contributed by atoms with Crippen LogP contribution in [0.5, 0.6) is 0 Å². The van der Waals surface area contributed by atoms with Crippen molar-refractivity contribution in [2.75, 3.05) is 31.1 Å². The van der Waals surface area contributed by atoms with Crippen LogP contribution in [0.15, 0.2) is 0 Å². The Labute approximate surface area is 138 Å². The number of hydrogen-bond donors (Lipinski definition) is 0. The van der Waals surface area contributed by atoms with E-state index in [9.17, 15) is 9.59 Å². The van der Waals surface area contributed by atoms with Crippen molar-refractivity contribution in [3.05, 3.63) is 0 Å². The molecule has 1 saturated carbocycles. The molecule has 0 radical (unpaired) electrons. The Morgan fingerprint density at radius 3 is 2.86 bits per heavy atom. The lowest BCUT2D eigenvalue weighted by Crippen LogP contribution is -2.55. The third-order valence-electron chi connectivity index (χ3n) is 5.36. The summed E-state index contributed by atoms with van der Waals surface area (Å²) in [5.74, 6) is 2.67. The third kappa shape index (κ3) is 3.61. The highest BCUT2D eigenvalue weighted by molar-refractivity contribution is 7.99. The summed E-state index contributed by atoms with van der Waals surface area (Å²) in [6, 6.07) is 0.511. The van der Waals surface area contributed by atoms with Gasteiger partial charge in [0.25, 0.3) is 0 Å². The molecule has 0 aromatic rings. The first kappa shape index (κ1) is 16.2. The van der Waals surface area contributed by atoms with Gasteiger partial charge in [0.2, 0.25) is 11.8 Å². The number of carbonyl (C=O) groups excluding carboxylic acids is 2. The Bertz CT molecular complexity index is 438. The minimum absolute atomic E-state index is 0.183. The van der Waals surface area contributed by atoms with Crippen LogP contribution in [0, 0.1) is 5.41 Å². The number of nitrogens with zero attached hydrogens (tertiary/aromatic N) is 2. The van der Waals surface area contributed by atoms with Crippen molar-refractivity contribution in [2.45, 2.75) is 57.9 Å². The second-order valence-electron chi connectivity index (χ2n) is 7.12. The van der Waals surface area contributed by atoms with E-state index in [1.165, 1.54) is 19.3 Å². The van der Waals surface area contributed by atoms with Crippen molar-refractivity contribution in [1.29, 1.82) is 0 Å². The summed E-state index contributed by atoms with van der Waals surface area (Å²) in [6.45, 7) is 4.81. The van der Waals surface area contributed by atoms with E-state index in [1.807, 2.05) is 11.8 Å². The van der Waals surface area contributed by atoms with E-state index >= 15 is 0 Å². The molecule has 3 aliphatic rings. The summed E-state index contributed by atoms with van der Waals surface area (Å²) in [4.78, 5) is 28.8. The van der Waals surface area contributed by atoms with E-state index < -0.39 is 0 Å². The number of piperidine rings is 2. The second-order valence-corrected chi connectivity index (χ2v) is 8.51. The van der Waals surface area contributed by atoms with E-state index in [0.717, 1.165) is 44.0 Å². The Morgan fingerprint density at radius 2 is 2.14 bits per heavy atom. The maximum absolute atomic E-state index is 12.4. The molecule has 0 N–H and O–H groups in total. The molecule has 0 bridgehead atoms. The molecule has 5 heteroatoms. The van der Waals surface area contributed by atoms with Gasteiger partial charge in [0.05, 0.1) is 0 Å². The fourth-order valence-electron chi connectivity index (χ4n) is 3.98. The topological polar surface area (TPSA) is 40.6 Å². The minimum Gasteiger partial charge on any atom is -0.342 e. The van der Waals surface area contributed by atoms with Crippen molar-refractivity contribution >= 4 is 23.6 Å². The van der Waals surface area contributed by atoms with Gasteiger partial charge in [-0.3, -0.25) is 9.59 Å². The summed E-state index contributed by atoms with van der Waals surface area (Å²) >= 11 is 1.84. The summed E-state index contributed by atoms with van der Waals surface area (Å²) in [7, 11) is 0. The monoisotopic (exact) mass is 324 g/mol. The molecule has 1 atom stereocenters. The van der Waals surface area contributed by atoms with Gasteiger partial charge in [-0.2, -0.15) is 11.8 Å². The molecule has 0 aromatic heterocycles. The number of carbonyl (C=O) groups is 2.